The first-order valence-electron chi connectivity index (χ1n) is 7.55. The average Bonchev–Trinajstić information content (AvgIpc) is 3.23. The molecule has 0 amide bonds. The summed E-state index contributed by atoms with van der Waals surface area (Å²) in [7, 11) is 0. The highest BCUT2D eigenvalue weighted by Gasteiger charge is 2.44. The second kappa shape index (κ2) is 6.64. The fraction of sp³-hybridized carbons (Fsp3) is 0.357. The maximum Gasteiger partial charge on any atom is 0.199 e. The summed E-state index contributed by atoms with van der Waals surface area (Å²) >= 11 is 11.1. The Bertz CT molecular complexity index is 842. The molecule has 1 aromatic carbocycles. The van der Waals surface area contributed by atoms with E-state index in [1.54, 1.807) is 10.7 Å². The molecule has 2 saturated heterocycles. The van der Waals surface area contributed by atoms with Gasteiger partial charge in [0.15, 0.2) is 17.2 Å². The summed E-state index contributed by atoms with van der Waals surface area (Å²) in [6.45, 7) is 0.420. The number of hydrogen-bond acceptors (Lipinski definition) is 7. The van der Waals surface area contributed by atoms with E-state index in [4.69, 9.17) is 39.0 Å². The smallest absolute Gasteiger partial charge is 0.199 e. The molecule has 9 nitrogen and oxygen atoms in total. The van der Waals surface area contributed by atoms with Crippen LogP contribution >= 0.6 is 23.8 Å². The van der Waals surface area contributed by atoms with Crippen LogP contribution in [0.5, 0.6) is 0 Å². The predicted molar refractivity (Wildman–Crippen MR) is 93.9 cm³/mol. The van der Waals surface area contributed by atoms with Gasteiger partial charge < -0.3 is 15.2 Å². The van der Waals surface area contributed by atoms with Gasteiger partial charge in [0, 0.05) is 12.0 Å². The highest BCUT2D eigenvalue weighted by atomic mass is 35.5. The Labute approximate surface area is 153 Å². The molecule has 25 heavy (non-hydrogen) atoms. The Balaban J connectivity index is 1.68. The van der Waals surface area contributed by atoms with Crippen LogP contribution in [0, 0.1) is 0 Å². The molecule has 0 spiro atoms. The number of hydrazone groups is 1. The molecular formula is C14H14ClN7O2S. The van der Waals surface area contributed by atoms with Crippen LogP contribution in [0.15, 0.2) is 29.4 Å². The molecule has 2 aromatic rings. The van der Waals surface area contributed by atoms with E-state index in [-0.39, 0.29) is 17.3 Å². The number of ether oxygens (including phenoxy) is 2. The first-order chi connectivity index (χ1) is 12.1. The maximum absolute atomic E-state index is 6.29. The van der Waals surface area contributed by atoms with Gasteiger partial charge in [0.25, 0.3) is 0 Å². The minimum absolute atomic E-state index is 0.0725. The van der Waals surface area contributed by atoms with Gasteiger partial charge in [-0.15, -0.1) is 5.10 Å². The zero-order valence-electron chi connectivity index (χ0n) is 12.9. The second-order valence-corrected chi connectivity index (χ2v) is 6.46. The van der Waals surface area contributed by atoms with Crippen molar-refractivity contribution in [3.05, 3.63) is 29.3 Å². The van der Waals surface area contributed by atoms with Crippen LogP contribution in [-0.2, 0) is 9.47 Å². The van der Waals surface area contributed by atoms with E-state index >= 15 is 0 Å². The highest BCUT2D eigenvalue weighted by molar-refractivity contribution is 7.80. The van der Waals surface area contributed by atoms with Crippen molar-refractivity contribution in [3.63, 3.8) is 0 Å². The van der Waals surface area contributed by atoms with Gasteiger partial charge in [0.05, 0.1) is 23.4 Å². The van der Waals surface area contributed by atoms with E-state index in [0.29, 0.717) is 29.6 Å². The fourth-order valence-electron chi connectivity index (χ4n) is 2.94. The van der Waals surface area contributed by atoms with Gasteiger partial charge in [-0.25, -0.2) is 4.68 Å². The van der Waals surface area contributed by atoms with Gasteiger partial charge in [0.1, 0.15) is 6.10 Å². The van der Waals surface area contributed by atoms with Gasteiger partial charge >= 0.3 is 0 Å². The van der Waals surface area contributed by atoms with Crippen LogP contribution in [0.2, 0.25) is 5.02 Å². The monoisotopic (exact) mass is 379 g/mol. The molecule has 130 valence electrons. The van der Waals surface area contributed by atoms with Crippen molar-refractivity contribution in [2.45, 2.75) is 24.9 Å². The molecule has 3 atom stereocenters. The van der Waals surface area contributed by atoms with Gasteiger partial charge in [-0.1, -0.05) is 23.7 Å². The van der Waals surface area contributed by atoms with E-state index in [1.165, 1.54) is 0 Å². The van der Waals surface area contributed by atoms with Crippen LogP contribution in [-0.4, -0.2) is 50.0 Å². The van der Waals surface area contributed by atoms with Crippen molar-refractivity contribution >= 4 is 34.6 Å². The van der Waals surface area contributed by atoms with E-state index in [9.17, 15) is 0 Å². The second-order valence-electron chi connectivity index (χ2n) is 5.62. The molecule has 0 saturated carbocycles. The zero-order valence-corrected chi connectivity index (χ0v) is 14.4. The van der Waals surface area contributed by atoms with Crippen molar-refractivity contribution in [2.75, 3.05) is 6.61 Å². The summed E-state index contributed by atoms with van der Waals surface area (Å²) < 4.78 is 13.2. The Morgan fingerprint density at radius 1 is 1.44 bits per heavy atom. The molecule has 3 heterocycles. The average molecular weight is 380 g/mol. The Morgan fingerprint density at radius 2 is 2.28 bits per heavy atom. The van der Waals surface area contributed by atoms with Gasteiger partial charge in [-0.3, -0.25) is 5.43 Å². The lowest BCUT2D eigenvalue weighted by Gasteiger charge is -2.28. The number of tetrazole rings is 1. The van der Waals surface area contributed by atoms with Crippen LogP contribution in [0.3, 0.4) is 0 Å². The molecule has 1 aromatic heterocycles. The van der Waals surface area contributed by atoms with Gasteiger partial charge in [0.2, 0.25) is 0 Å². The van der Waals surface area contributed by atoms with Crippen molar-refractivity contribution in [3.8, 4) is 11.4 Å². The van der Waals surface area contributed by atoms with Crippen LogP contribution in [0.1, 0.15) is 12.5 Å². The lowest BCUT2D eigenvalue weighted by Crippen LogP contribution is -2.39. The number of fused-ring (bicyclic) bond motifs is 2. The quantitative estimate of drug-likeness (QED) is 0.596. The summed E-state index contributed by atoms with van der Waals surface area (Å²) in [5.41, 5.74) is 9.40. The van der Waals surface area contributed by atoms with E-state index in [1.807, 2.05) is 18.2 Å². The predicted octanol–water partition coefficient (Wildman–Crippen LogP) is 0.869. The third-order valence-corrected chi connectivity index (χ3v) is 4.48. The lowest BCUT2D eigenvalue weighted by atomic mass is 10.0. The third kappa shape index (κ3) is 3.09. The van der Waals surface area contributed by atoms with Gasteiger partial charge in [-0.2, -0.15) is 5.10 Å². The maximum atomic E-state index is 6.29. The minimum Gasteiger partial charge on any atom is -0.375 e. The molecule has 3 N–H and O–H groups in total. The number of thiocarbonyl (C=S) groups is 1. The van der Waals surface area contributed by atoms with E-state index in [0.717, 1.165) is 5.56 Å². The Hall–Kier alpha value is -2.14. The standard InChI is InChI=1S/C14H14ClN7O2S/c15-8-4-2-1-3-7(8)12-18-20-21-22(12)10-5-9(17-19-14(16)25)13-23-6-11(10)24-13/h1-4,10-11,13H,5-6H2,(H3,16,19,25)/b17-9-/t10-,11-,13+/m0/s1. The molecule has 4 rings (SSSR count). The molecule has 0 unspecified atom stereocenters. The minimum atomic E-state index is -0.511. The number of benzene rings is 1. The summed E-state index contributed by atoms with van der Waals surface area (Å²) in [6.07, 6.45) is -0.158. The molecule has 0 radical (unpaired) electrons. The van der Waals surface area contributed by atoms with Crippen LogP contribution in [0.25, 0.3) is 11.4 Å². The molecule has 2 bridgehead atoms. The highest BCUT2D eigenvalue weighted by Crippen LogP contribution is 2.36. The normalized spacial score (nSPS) is 26.8. The zero-order chi connectivity index (χ0) is 17.4. The van der Waals surface area contributed by atoms with Crippen molar-refractivity contribution in [2.24, 2.45) is 10.8 Å². The van der Waals surface area contributed by atoms with E-state index < -0.39 is 6.29 Å². The van der Waals surface area contributed by atoms with Crippen molar-refractivity contribution in [1.82, 2.24) is 25.6 Å². The molecule has 2 aliphatic rings. The van der Waals surface area contributed by atoms with Crippen LogP contribution < -0.4 is 11.2 Å². The van der Waals surface area contributed by atoms with Crippen LogP contribution in [0.4, 0.5) is 0 Å². The molecule has 11 heteroatoms. The summed E-state index contributed by atoms with van der Waals surface area (Å²) in [6, 6.07) is 7.20. The molecule has 2 aliphatic heterocycles. The number of nitrogens with two attached hydrogens (primary N) is 1. The fourth-order valence-corrected chi connectivity index (χ4v) is 3.21. The first kappa shape index (κ1) is 16.3. The number of halogens is 1. The number of nitrogens with one attached hydrogen (secondary N) is 1. The number of nitrogens with zero attached hydrogens (tertiary/aromatic N) is 5. The molecular weight excluding hydrogens is 366 g/mol. The van der Waals surface area contributed by atoms with Gasteiger partial charge in [-0.05, 0) is 34.8 Å². The molecule has 2 fully saturated rings. The largest absolute Gasteiger partial charge is 0.375 e. The summed E-state index contributed by atoms with van der Waals surface area (Å²) in [5, 5.41) is 16.9. The van der Waals surface area contributed by atoms with Crippen molar-refractivity contribution < 1.29 is 9.47 Å². The summed E-state index contributed by atoms with van der Waals surface area (Å²) in [4.78, 5) is 0. The topological polar surface area (TPSA) is 112 Å². The summed E-state index contributed by atoms with van der Waals surface area (Å²) in [5.74, 6) is 0.561. The van der Waals surface area contributed by atoms with E-state index in [2.05, 4.69) is 26.1 Å². The Morgan fingerprint density at radius 3 is 3.08 bits per heavy atom. The Kier molecular flexibility index (Phi) is 4.34. The number of rotatable bonds is 3. The number of aromatic nitrogens is 4. The first-order valence-corrected chi connectivity index (χ1v) is 8.34. The number of hydrogen-bond donors (Lipinski definition) is 2. The molecule has 0 aliphatic carbocycles. The lowest BCUT2D eigenvalue weighted by molar-refractivity contribution is -0.0320. The van der Waals surface area contributed by atoms with Crippen molar-refractivity contribution in [1.29, 1.82) is 0 Å². The SMILES string of the molecule is NC(=S)N/N=C1/C[C@H](n2nnnc2-c2ccccc2Cl)[C@@H]2CO[C@@H]1O2. The third-order valence-electron chi connectivity index (χ3n) is 4.06.